The topological polar surface area (TPSA) is 49.6 Å². The quantitative estimate of drug-likeness (QED) is 0.903. The van der Waals surface area contributed by atoms with E-state index >= 15 is 0 Å². The minimum atomic E-state index is -4.32. The Labute approximate surface area is 114 Å². The molecule has 1 saturated heterocycles. The fourth-order valence-electron chi connectivity index (χ4n) is 2.23. The molecule has 2 rings (SSSR count). The number of carbonyl (C=O) groups excluding carboxylic acids is 1. The molecule has 0 saturated carbocycles. The van der Waals surface area contributed by atoms with Crippen molar-refractivity contribution < 1.29 is 18.0 Å². The first-order valence-electron chi connectivity index (χ1n) is 6.29. The van der Waals surface area contributed by atoms with Crippen molar-refractivity contribution in [2.24, 2.45) is 5.73 Å². The van der Waals surface area contributed by atoms with Crippen LogP contribution in [0.5, 0.6) is 0 Å². The maximum absolute atomic E-state index is 12.6. The van der Waals surface area contributed by atoms with Gasteiger partial charge in [-0.25, -0.2) is 4.79 Å². The molecular weight excluding hydrogens is 271 g/mol. The van der Waals surface area contributed by atoms with Gasteiger partial charge >= 0.3 is 12.2 Å². The number of benzene rings is 1. The minimum absolute atomic E-state index is 0.441. The summed E-state index contributed by atoms with van der Waals surface area (Å²) in [6, 6.07) is 4.87. The summed E-state index contributed by atoms with van der Waals surface area (Å²) in [5.74, 6) is 0. The van der Waals surface area contributed by atoms with E-state index in [1.54, 1.807) is 6.07 Å². The molecule has 20 heavy (non-hydrogen) atoms. The first kappa shape index (κ1) is 14.6. The molecule has 0 aromatic heterocycles. The first-order chi connectivity index (χ1) is 9.36. The van der Waals surface area contributed by atoms with E-state index in [0.717, 1.165) is 6.07 Å². The van der Waals surface area contributed by atoms with E-state index in [4.69, 9.17) is 5.73 Å². The van der Waals surface area contributed by atoms with Gasteiger partial charge in [0.05, 0.1) is 5.56 Å². The smallest absolute Gasteiger partial charge is 0.351 e. The summed E-state index contributed by atoms with van der Waals surface area (Å²) in [6.07, 6.45) is -4.32. The molecule has 0 spiro atoms. The molecule has 1 aliphatic heterocycles. The summed E-state index contributed by atoms with van der Waals surface area (Å²) in [4.78, 5) is 14.5. The molecule has 1 aromatic rings. The molecule has 110 valence electrons. The van der Waals surface area contributed by atoms with Crippen LogP contribution in [0.3, 0.4) is 0 Å². The lowest BCUT2D eigenvalue weighted by atomic mass is 10.1. The average Bonchev–Trinajstić information content (AvgIpc) is 2.38. The number of amides is 2. The van der Waals surface area contributed by atoms with Crippen LogP contribution in [-0.2, 0) is 12.7 Å². The van der Waals surface area contributed by atoms with E-state index in [0.29, 0.717) is 38.3 Å². The molecule has 0 atom stereocenters. The highest BCUT2D eigenvalue weighted by atomic mass is 19.4. The van der Waals surface area contributed by atoms with Gasteiger partial charge in [-0.05, 0) is 11.6 Å². The monoisotopic (exact) mass is 287 g/mol. The standard InChI is InChI=1S/C13H16F3N3O/c14-13(15,16)11-3-1-2-10(8-11)9-18-4-6-19(7-5-18)12(17)20/h1-3,8H,4-7,9H2,(H2,17,20). The fourth-order valence-corrected chi connectivity index (χ4v) is 2.23. The number of alkyl halides is 3. The molecule has 2 amide bonds. The molecule has 1 heterocycles. The highest BCUT2D eigenvalue weighted by molar-refractivity contribution is 5.72. The van der Waals surface area contributed by atoms with Gasteiger partial charge in [0, 0.05) is 32.7 Å². The molecule has 7 heteroatoms. The molecule has 0 unspecified atom stereocenters. The summed E-state index contributed by atoms with van der Waals surface area (Å²) in [5, 5.41) is 0. The van der Waals surface area contributed by atoms with Crippen molar-refractivity contribution in [3.05, 3.63) is 35.4 Å². The van der Waals surface area contributed by atoms with E-state index in [1.807, 2.05) is 4.90 Å². The Hall–Kier alpha value is -1.76. The SMILES string of the molecule is NC(=O)N1CCN(Cc2cccc(C(F)(F)F)c2)CC1. The lowest BCUT2D eigenvalue weighted by Crippen LogP contribution is -2.50. The van der Waals surface area contributed by atoms with Crippen molar-refractivity contribution in [2.45, 2.75) is 12.7 Å². The predicted octanol–water partition coefficient (Wildman–Crippen LogP) is 1.90. The van der Waals surface area contributed by atoms with Gasteiger partial charge in [-0.2, -0.15) is 13.2 Å². The summed E-state index contributed by atoms with van der Waals surface area (Å²) in [7, 11) is 0. The molecule has 1 aliphatic rings. The third-order valence-corrected chi connectivity index (χ3v) is 3.34. The van der Waals surface area contributed by atoms with Crippen LogP contribution in [-0.4, -0.2) is 42.0 Å². The predicted molar refractivity (Wildman–Crippen MR) is 67.9 cm³/mol. The van der Waals surface area contributed by atoms with Crippen LogP contribution < -0.4 is 5.73 Å². The van der Waals surface area contributed by atoms with Crippen LogP contribution in [0.15, 0.2) is 24.3 Å². The van der Waals surface area contributed by atoms with Gasteiger partial charge < -0.3 is 10.6 Å². The number of primary amides is 1. The Morgan fingerprint density at radius 1 is 1.20 bits per heavy atom. The number of halogens is 3. The zero-order valence-corrected chi connectivity index (χ0v) is 10.9. The van der Waals surface area contributed by atoms with Gasteiger partial charge in [-0.1, -0.05) is 18.2 Å². The van der Waals surface area contributed by atoms with Gasteiger partial charge in [-0.3, -0.25) is 4.90 Å². The molecule has 0 aliphatic carbocycles. The summed E-state index contributed by atoms with van der Waals surface area (Å²) in [5.41, 5.74) is 5.16. The van der Waals surface area contributed by atoms with E-state index in [1.165, 1.54) is 17.0 Å². The van der Waals surface area contributed by atoms with Gasteiger partial charge in [0.25, 0.3) is 0 Å². The van der Waals surface area contributed by atoms with Crippen LogP contribution in [0.1, 0.15) is 11.1 Å². The number of nitrogens with zero attached hydrogens (tertiary/aromatic N) is 2. The number of hydrogen-bond donors (Lipinski definition) is 1. The van der Waals surface area contributed by atoms with Crippen molar-refractivity contribution in [3.8, 4) is 0 Å². The Bertz CT molecular complexity index is 482. The van der Waals surface area contributed by atoms with Crippen molar-refractivity contribution in [1.82, 2.24) is 9.80 Å². The van der Waals surface area contributed by atoms with Crippen molar-refractivity contribution in [2.75, 3.05) is 26.2 Å². The largest absolute Gasteiger partial charge is 0.416 e. The van der Waals surface area contributed by atoms with Crippen molar-refractivity contribution >= 4 is 6.03 Å². The van der Waals surface area contributed by atoms with Crippen LogP contribution >= 0.6 is 0 Å². The molecule has 0 bridgehead atoms. The minimum Gasteiger partial charge on any atom is -0.351 e. The summed E-state index contributed by atoms with van der Waals surface area (Å²) < 4.78 is 37.8. The zero-order chi connectivity index (χ0) is 14.8. The van der Waals surface area contributed by atoms with Gasteiger partial charge in [0.15, 0.2) is 0 Å². The Balaban J connectivity index is 1.96. The van der Waals surface area contributed by atoms with Crippen molar-refractivity contribution in [1.29, 1.82) is 0 Å². The second-order valence-corrected chi connectivity index (χ2v) is 4.80. The number of piperazine rings is 1. The van der Waals surface area contributed by atoms with Crippen molar-refractivity contribution in [3.63, 3.8) is 0 Å². The Kier molecular flexibility index (Phi) is 4.17. The summed E-state index contributed by atoms with van der Waals surface area (Å²) in [6.45, 7) is 2.68. The molecular formula is C13H16F3N3O. The molecule has 2 N–H and O–H groups in total. The lowest BCUT2D eigenvalue weighted by molar-refractivity contribution is -0.137. The van der Waals surface area contributed by atoms with E-state index in [9.17, 15) is 18.0 Å². The number of carbonyl (C=O) groups is 1. The third-order valence-electron chi connectivity index (χ3n) is 3.34. The zero-order valence-electron chi connectivity index (χ0n) is 10.9. The highest BCUT2D eigenvalue weighted by Gasteiger charge is 2.30. The normalized spacial score (nSPS) is 17.2. The van der Waals surface area contributed by atoms with Crippen LogP contribution in [0.25, 0.3) is 0 Å². The van der Waals surface area contributed by atoms with Gasteiger partial charge in [-0.15, -0.1) is 0 Å². The summed E-state index contributed by atoms with van der Waals surface area (Å²) >= 11 is 0. The van der Waals surface area contributed by atoms with Gasteiger partial charge in [0.2, 0.25) is 0 Å². The van der Waals surface area contributed by atoms with E-state index < -0.39 is 17.8 Å². The fraction of sp³-hybridized carbons (Fsp3) is 0.462. The van der Waals surface area contributed by atoms with Crippen LogP contribution in [0.2, 0.25) is 0 Å². The second kappa shape index (κ2) is 5.70. The molecule has 1 fully saturated rings. The Morgan fingerprint density at radius 3 is 2.40 bits per heavy atom. The number of nitrogens with two attached hydrogens (primary N) is 1. The maximum Gasteiger partial charge on any atom is 0.416 e. The number of urea groups is 1. The average molecular weight is 287 g/mol. The lowest BCUT2D eigenvalue weighted by Gasteiger charge is -2.33. The van der Waals surface area contributed by atoms with Crippen LogP contribution in [0, 0.1) is 0 Å². The third kappa shape index (κ3) is 3.63. The van der Waals surface area contributed by atoms with Gasteiger partial charge in [0.1, 0.15) is 0 Å². The first-order valence-corrected chi connectivity index (χ1v) is 6.29. The second-order valence-electron chi connectivity index (χ2n) is 4.80. The van der Waals surface area contributed by atoms with E-state index in [2.05, 4.69) is 0 Å². The highest BCUT2D eigenvalue weighted by Crippen LogP contribution is 2.29. The number of rotatable bonds is 2. The maximum atomic E-state index is 12.6. The van der Waals surface area contributed by atoms with Crippen LogP contribution in [0.4, 0.5) is 18.0 Å². The number of hydrogen-bond acceptors (Lipinski definition) is 2. The van der Waals surface area contributed by atoms with E-state index in [-0.39, 0.29) is 0 Å². The molecule has 0 radical (unpaired) electrons. The Morgan fingerprint density at radius 2 is 1.85 bits per heavy atom. The molecule has 1 aromatic carbocycles. The molecule has 4 nitrogen and oxygen atoms in total.